The van der Waals surface area contributed by atoms with E-state index in [0.29, 0.717) is 6.42 Å². The van der Waals surface area contributed by atoms with E-state index in [1.807, 2.05) is 13.0 Å². The average molecular weight is 289 g/mol. The number of hydrogen-bond donors (Lipinski definition) is 2. The molecule has 0 saturated heterocycles. The lowest BCUT2D eigenvalue weighted by atomic mass is 10.0. The molecule has 0 aromatic heterocycles. The molecule has 4 nitrogen and oxygen atoms in total. The molecule has 1 amide bonds. The summed E-state index contributed by atoms with van der Waals surface area (Å²) >= 11 is 0. The quantitative estimate of drug-likeness (QED) is 0.810. The van der Waals surface area contributed by atoms with Crippen molar-refractivity contribution in [1.29, 1.82) is 0 Å². The Morgan fingerprint density at radius 2 is 2.05 bits per heavy atom. The van der Waals surface area contributed by atoms with Crippen LogP contribution < -0.4 is 5.32 Å². The number of carbonyl (C=O) groups excluding carboxylic acids is 1. The van der Waals surface area contributed by atoms with Gasteiger partial charge in [-0.3, -0.25) is 4.79 Å². The number of aliphatic carboxylic acids is 1. The zero-order valence-electron chi connectivity index (χ0n) is 12.5. The van der Waals surface area contributed by atoms with Crippen LogP contribution in [-0.4, -0.2) is 23.0 Å². The molecule has 0 fully saturated rings. The first-order chi connectivity index (χ1) is 10.1. The van der Waals surface area contributed by atoms with E-state index in [0.717, 1.165) is 31.2 Å². The van der Waals surface area contributed by atoms with Crippen molar-refractivity contribution >= 4 is 11.9 Å². The Bertz CT molecular complexity index is 525. The Morgan fingerprint density at radius 1 is 1.29 bits per heavy atom. The smallest absolute Gasteiger partial charge is 0.326 e. The first kappa shape index (κ1) is 15.5. The fourth-order valence-electron chi connectivity index (χ4n) is 2.83. The molecule has 1 aliphatic rings. The molecule has 0 radical (unpaired) electrons. The van der Waals surface area contributed by atoms with Crippen LogP contribution in [-0.2, 0) is 28.9 Å². The first-order valence-electron chi connectivity index (χ1n) is 7.73. The number of hydrogen-bond acceptors (Lipinski definition) is 2. The molecule has 1 aromatic rings. The summed E-state index contributed by atoms with van der Waals surface area (Å²) in [6.45, 7) is 2.01. The third kappa shape index (κ3) is 4.31. The van der Waals surface area contributed by atoms with Crippen LogP contribution in [0, 0.1) is 0 Å². The van der Waals surface area contributed by atoms with Gasteiger partial charge in [-0.1, -0.05) is 38.0 Å². The lowest BCUT2D eigenvalue weighted by Gasteiger charge is -2.14. The first-order valence-corrected chi connectivity index (χ1v) is 7.73. The zero-order valence-corrected chi connectivity index (χ0v) is 12.5. The second-order valence-electron chi connectivity index (χ2n) is 5.73. The molecule has 1 aromatic carbocycles. The van der Waals surface area contributed by atoms with Crippen LogP contribution in [0.1, 0.15) is 49.3 Å². The van der Waals surface area contributed by atoms with Gasteiger partial charge in [0.1, 0.15) is 6.04 Å². The van der Waals surface area contributed by atoms with Crippen molar-refractivity contribution in [2.45, 2.75) is 57.9 Å². The summed E-state index contributed by atoms with van der Waals surface area (Å²) in [4.78, 5) is 23.1. The van der Waals surface area contributed by atoms with Gasteiger partial charge in [-0.2, -0.15) is 0 Å². The maximum Gasteiger partial charge on any atom is 0.326 e. The third-order valence-corrected chi connectivity index (χ3v) is 4.01. The molecular weight excluding hydrogens is 266 g/mol. The van der Waals surface area contributed by atoms with Crippen LogP contribution >= 0.6 is 0 Å². The minimum atomic E-state index is -0.953. The molecule has 21 heavy (non-hydrogen) atoms. The van der Waals surface area contributed by atoms with Gasteiger partial charge in [-0.15, -0.1) is 0 Å². The summed E-state index contributed by atoms with van der Waals surface area (Å²) in [6, 6.07) is 5.39. The van der Waals surface area contributed by atoms with Crippen molar-refractivity contribution < 1.29 is 14.7 Å². The molecule has 1 aliphatic carbocycles. The summed E-state index contributed by atoms with van der Waals surface area (Å²) < 4.78 is 0. The van der Waals surface area contributed by atoms with E-state index in [9.17, 15) is 9.59 Å². The number of carboxylic acid groups (broad SMARTS) is 1. The number of aryl methyl sites for hydroxylation is 2. The largest absolute Gasteiger partial charge is 0.480 e. The van der Waals surface area contributed by atoms with Crippen LogP contribution in [0.2, 0.25) is 0 Å². The number of carbonyl (C=O) groups is 2. The van der Waals surface area contributed by atoms with Gasteiger partial charge >= 0.3 is 5.97 Å². The summed E-state index contributed by atoms with van der Waals surface area (Å²) in [5, 5.41) is 11.8. The minimum absolute atomic E-state index is 0.212. The molecule has 0 aliphatic heterocycles. The average Bonchev–Trinajstić information content (AvgIpc) is 2.90. The van der Waals surface area contributed by atoms with Crippen molar-refractivity contribution in [3.63, 3.8) is 0 Å². The van der Waals surface area contributed by atoms with Crippen molar-refractivity contribution in [1.82, 2.24) is 5.32 Å². The predicted molar refractivity (Wildman–Crippen MR) is 81.3 cm³/mol. The molecular formula is C17H23NO3. The highest BCUT2D eigenvalue weighted by Gasteiger charge is 2.19. The lowest BCUT2D eigenvalue weighted by molar-refractivity contribution is -0.142. The summed E-state index contributed by atoms with van der Waals surface area (Å²) in [5.41, 5.74) is 3.68. The summed E-state index contributed by atoms with van der Waals surface area (Å²) in [7, 11) is 0. The van der Waals surface area contributed by atoms with Crippen molar-refractivity contribution in [3.8, 4) is 0 Å². The summed E-state index contributed by atoms with van der Waals surface area (Å²) in [5.74, 6) is -1.16. The third-order valence-electron chi connectivity index (χ3n) is 4.01. The van der Waals surface area contributed by atoms with Crippen LogP contribution in [0.5, 0.6) is 0 Å². The standard InChI is InChI=1S/C17H23NO3/c1-2-3-7-15(17(20)21)18-16(19)11-12-8-9-13-5-4-6-14(13)10-12/h8-10,15H,2-7,11H2,1H3,(H,18,19)(H,20,21). The van der Waals surface area contributed by atoms with Gasteiger partial charge in [0.2, 0.25) is 5.91 Å². The number of amides is 1. The van der Waals surface area contributed by atoms with E-state index < -0.39 is 12.0 Å². The van der Waals surface area contributed by atoms with E-state index in [1.165, 1.54) is 17.5 Å². The van der Waals surface area contributed by atoms with Crippen molar-refractivity contribution in [2.24, 2.45) is 0 Å². The second-order valence-corrected chi connectivity index (χ2v) is 5.73. The highest BCUT2D eigenvalue weighted by Crippen LogP contribution is 2.23. The maximum absolute atomic E-state index is 12.0. The highest BCUT2D eigenvalue weighted by molar-refractivity contribution is 5.84. The number of nitrogens with one attached hydrogen (secondary N) is 1. The maximum atomic E-state index is 12.0. The predicted octanol–water partition coefficient (Wildman–Crippen LogP) is 2.48. The van der Waals surface area contributed by atoms with Crippen LogP contribution in [0.25, 0.3) is 0 Å². The fraction of sp³-hybridized carbons (Fsp3) is 0.529. The van der Waals surface area contributed by atoms with Gasteiger partial charge in [0.15, 0.2) is 0 Å². The molecule has 2 rings (SSSR count). The Hall–Kier alpha value is -1.84. The molecule has 2 N–H and O–H groups in total. The topological polar surface area (TPSA) is 66.4 Å². The molecule has 0 bridgehead atoms. The molecule has 1 atom stereocenters. The van der Waals surface area contributed by atoms with Gasteiger partial charge in [-0.05, 0) is 42.4 Å². The number of fused-ring (bicyclic) bond motifs is 1. The van der Waals surface area contributed by atoms with E-state index >= 15 is 0 Å². The number of unbranched alkanes of at least 4 members (excludes halogenated alkanes) is 1. The van der Waals surface area contributed by atoms with Gasteiger partial charge in [-0.25, -0.2) is 4.79 Å². The van der Waals surface area contributed by atoms with Gasteiger partial charge in [0, 0.05) is 0 Å². The Balaban J connectivity index is 1.92. The number of rotatable bonds is 7. The van der Waals surface area contributed by atoms with Gasteiger partial charge in [0.25, 0.3) is 0 Å². The Morgan fingerprint density at radius 3 is 2.76 bits per heavy atom. The van der Waals surface area contributed by atoms with E-state index in [2.05, 4.69) is 17.4 Å². The monoisotopic (exact) mass is 289 g/mol. The number of carboxylic acids is 1. The second kappa shape index (κ2) is 7.25. The zero-order chi connectivity index (χ0) is 15.2. The van der Waals surface area contributed by atoms with E-state index in [4.69, 9.17) is 5.11 Å². The molecule has 0 spiro atoms. The molecule has 0 saturated carbocycles. The van der Waals surface area contributed by atoms with E-state index in [-0.39, 0.29) is 12.3 Å². The molecule has 4 heteroatoms. The van der Waals surface area contributed by atoms with Crippen LogP contribution in [0.4, 0.5) is 0 Å². The van der Waals surface area contributed by atoms with E-state index in [1.54, 1.807) is 0 Å². The molecule has 114 valence electrons. The lowest BCUT2D eigenvalue weighted by Crippen LogP contribution is -2.41. The van der Waals surface area contributed by atoms with Crippen LogP contribution in [0.15, 0.2) is 18.2 Å². The van der Waals surface area contributed by atoms with Crippen molar-refractivity contribution in [2.75, 3.05) is 0 Å². The van der Waals surface area contributed by atoms with Crippen molar-refractivity contribution in [3.05, 3.63) is 34.9 Å². The van der Waals surface area contributed by atoms with Crippen LogP contribution in [0.3, 0.4) is 0 Å². The normalized spacial score (nSPS) is 14.5. The summed E-state index contributed by atoms with van der Waals surface area (Å²) in [6.07, 6.45) is 5.85. The number of benzene rings is 1. The molecule has 0 heterocycles. The Labute approximate surface area is 125 Å². The van der Waals surface area contributed by atoms with Gasteiger partial charge in [0.05, 0.1) is 6.42 Å². The van der Waals surface area contributed by atoms with Gasteiger partial charge < -0.3 is 10.4 Å². The highest BCUT2D eigenvalue weighted by atomic mass is 16.4. The fourth-order valence-corrected chi connectivity index (χ4v) is 2.83. The minimum Gasteiger partial charge on any atom is -0.480 e. The Kier molecular flexibility index (Phi) is 5.37. The SMILES string of the molecule is CCCCC(NC(=O)Cc1ccc2c(c1)CCC2)C(=O)O. The molecule has 1 unspecified atom stereocenters.